The highest BCUT2D eigenvalue weighted by molar-refractivity contribution is 6.00. The fourth-order valence-electron chi connectivity index (χ4n) is 2.95. The highest BCUT2D eigenvalue weighted by Gasteiger charge is 2.25. The largest absolute Gasteiger partial charge is 0.392 e. The van der Waals surface area contributed by atoms with Crippen LogP contribution in [0.3, 0.4) is 0 Å². The Labute approximate surface area is 140 Å². The lowest BCUT2D eigenvalue weighted by atomic mass is 10.0. The normalized spacial score (nSPS) is 13.5. The van der Waals surface area contributed by atoms with E-state index in [2.05, 4.69) is 5.32 Å². The first-order valence-electron chi connectivity index (χ1n) is 8.01. The molecule has 0 bridgehead atoms. The Morgan fingerprint density at radius 3 is 2.54 bits per heavy atom. The second-order valence-corrected chi connectivity index (χ2v) is 5.81. The summed E-state index contributed by atoms with van der Waals surface area (Å²) in [5.41, 5.74) is 3.58. The lowest BCUT2D eigenvalue weighted by molar-refractivity contribution is -0.124. The van der Waals surface area contributed by atoms with E-state index >= 15 is 0 Å². The van der Waals surface area contributed by atoms with Gasteiger partial charge in [0.05, 0.1) is 6.61 Å². The van der Waals surface area contributed by atoms with Crippen LogP contribution in [0.4, 0.5) is 5.69 Å². The Morgan fingerprint density at radius 1 is 1.04 bits per heavy atom. The number of hydrogen-bond acceptors (Lipinski definition) is 3. The zero-order valence-corrected chi connectivity index (χ0v) is 13.4. The van der Waals surface area contributed by atoms with Gasteiger partial charge in [-0.05, 0) is 29.2 Å². The Bertz CT molecular complexity index is 758. The third-order valence-electron chi connectivity index (χ3n) is 4.26. The first-order chi connectivity index (χ1) is 11.7. The number of benzene rings is 2. The molecule has 2 amide bonds. The van der Waals surface area contributed by atoms with Crippen LogP contribution in [0.15, 0.2) is 48.5 Å². The molecule has 1 aliphatic heterocycles. The van der Waals surface area contributed by atoms with E-state index in [1.54, 1.807) is 4.90 Å². The predicted octanol–water partition coefficient (Wildman–Crippen LogP) is 1.77. The molecule has 2 N–H and O–H groups in total. The molecule has 0 saturated heterocycles. The molecule has 124 valence electrons. The topological polar surface area (TPSA) is 69.6 Å². The Balaban J connectivity index is 1.66. The van der Waals surface area contributed by atoms with Crippen molar-refractivity contribution in [3.63, 3.8) is 0 Å². The van der Waals surface area contributed by atoms with Crippen molar-refractivity contribution in [1.29, 1.82) is 0 Å². The van der Waals surface area contributed by atoms with E-state index in [1.807, 2.05) is 48.5 Å². The number of para-hydroxylation sites is 1. The van der Waals surface area contributed by atoms with Crippen LogP contribution in [-0.4, -0.2) is 23.5 Å². The minimum Gasteiger partial charge on any atom is -0.392 e. The van der Waals surface area contributed by atoms with E-state index in [9.17, 15) is 14.7 Å². The third kappa shape index (κ3) is 3.46. The average molecular weight is 324 g/mol. The van der Waals surface area contributed by atoms with Gasteiger partial charge in [-0.15, -0.1) is 0 Å². The fourth-order valence-corrected chi connectivity index (χ4v) is 2.95. The van der Waals surface area contributed by atoms with E-state index in [4.69, 9.17) is 0 Å². The fraction of sp³-hybridized carbons (Fsp3) is 0.263. The Hall–Kier alpha value is -2.66. The summed E-state index contributed by atoms with van der Waals surface area (Å²) in [7, 11) is 0. The maximum atomic E-state index is 12.3. The van der Waals surface area contributed by atoms with Crippen molar-refractivity contribution in [3.05, 3.63) is 65.2 Å². The number of rotatable bonds is 5. The van der Waals surface area contributed by atoms with Crippen molar-refractivity contribution >= 4 is 17.5 Å². The van der Waals surface area contributed by atoms with E-state index in [-0.39, 0.29) is 25.0 Å². The van der Waals surface area contributed by atoms with Gasteiger partial charge in [0.15, 0.2) is 0 Å². The second-order valence-electron chi connectivity index (χ2n) is 5.81. The van der Waals surface area contributed by atoms with Crippen molar-refractivity contribution in [2.24, 2.45) is 0 Å². The molecule has 1 aliphatic rings. The molecule has 0 radical (unpaired) electrons. The van der Waals surface area contributed by atoms with E-state index in [0.29, 0.717) is 13.0 Å². The zero-order chi connectivity index (χ0) is 16.9. The number of aryl methyl sites for hydroxylation is 1. The third-order valence-corrected chi connectivity index (χ3v) is 4.26. The van der Waals surface area contributed by atoms with Crippen molar-refractivity contribution in [3.8, 4) is 0 Å². The summed E-state index contributed by atoms with van der Waals surface area (Å²) in [6, 6.07) is 15.1. The predicted molar refractivity (Wildman–Crippen MR) is 91.3 cm³/mol. The van der Waals surface area contributed by atoms with Gasteiger partial charge in [-0.2, -0.15) is 0 Å². The number of hydrogen-bond donors (Lipinski definition) is 2. The molecule has 2 aromatic rings. The summed E-state index contributed by atoms with van der Waals surface area (Å²) < 4.78 is 0. The summed E-state index contributed by atoms with van der Waals surface area (Å²) in [5.74, 6) is -0.243. The van der Waals surface area contributed by atoms with Gasteiger partial charge in [0.1, 0.15) is 6.54 Å². The Kier molecular flexibility index (Phi) is 4.91. The molecule has 5 nitrogen and oxygen atoms in total. The minimum atomic E-state index is -0.215. The number of amides is 2. The lowest BCUT2D eigenvalue weighted by Crippen LogP contribution is -2.42. The number of aliphatic hydroxyl groups is 1. The highest BCUT2D eigenvalue weighted by Crippen LogP contribution is 2.27. The first-order valence-corrected chi connectivity index (χ1v) is 8.01. The van der Waals surface area contributed by atoms with Crippen molar-refractivity contribution in [2.45, 2.75) is 26.0 Å². The van der Waals surface area contributed by atoms with Gasteiger partial charge in [-0.25, -0.2) is 0 Å². The van der Waals surface area contributed by atoms with Gasteiger partial charge in [0.25, 0.3) is 0 Å². The molecule has 0 unspecified atom stereocenters. The quantitative estimate of drug-likeness (QED) is 0.881. The summed E-state index contributed by atoms with van der Waals surface area (Å²) in [4.78, 5) is 26.0. The molecule has 5 heteroatoms. The molecule has 0 spiro atoms. The van der Waals surface area contributed by atoms with Crippen LogP contribution in [0.5, 0.6) is 0 Å². The van der Waals surface area contributed by atoms with Gasteiger partial charge < -0.3 is 15.3 Å². The molecular weight excluding hydrogens is 304 g/mol. The van der Waals surface area contributed by atoms with Gasteiger partial charge in [-0.1, -0.05) is 42.5 Å². The molecule has 0 aromatic heterocycles. The molecular formula is C19H20N2O3. The monoisotopic (exact) mass is 324 g/mol. The Morgan fingerprint density at radius 2 is 1.75 bits per heavy atom. The lowest BCUT2D eigenvalue weighted by Gasteiger charge is -2.28. The number of nitrogens with one attached hydrogen (secondary N) is 1. The smallest absolute Gasteiger partial charge is 0.240 e. The van der Waals surface area contributed by atoms with Gasteiger partial charge in [0, 0.05) is 18.7 Å². The van der Waals surface area contributed by atoms with Crippen LogP contribution >= 0.6 is 0 Å². The molecule has 0 fully saturated rings. The van der Waals surface area contributed by atoms with Crippen LogP contribution in [0.25, 0.3) is 0 Å². The van der Waals surface area contributed by atoms with Crippen molar-refractivity contribution < 1.29 is 14.7 Å². The van der Waals surface area contributed by atoms with Crippen LogP contribution in [-0.2, 0) is 29.2 Å². The highest BCUT2D eigenvalue weighted by atomic mass is 16.3. The van der Waals surface area contributed by atoms with Gasteiger partial charge in [-0.3, -0.25) is 9.59 Å². The second kappa shape index (κ2) is 7.27. The summed E-state index contributed by atoms with van der Waals surface area (Å²) in [6.45, 7) is 0.278. The molecule has 1 heterocycles. The molecule has 24 heavy (non-hydrogen) atoms. The zero-order valence-electron chi connectivity index (χ0n) is 13.4. The van der Waals surface area contributed by atoms with Crippen LogP contribution in [0.1, 0.15) is 23.1 Å². The van der Waals surface area contributed by atoms with Crippen LogP contribution in [0.2, 0.25) is 0 Å². The van der Waals surface area contributed by atoms with Crippen LogP contribution in [0, 0.1) is 0 Å². The SMILES string of the molecule is O=C(CN1C(=O)CCc2ccccc21)NCc1ccccc1CO. The van der Waals surface area contributed by atoms with E-state index in [1.165, 1.54) is 0 Å². The maximum Gasteiger partial charge on any atom is 0.240 e. The first kappa shape index (κ1) is 16.2. The molecule has 0 atom stereocenters. The summed E-state index contributed by atoms with van der Waals surface area (Å²) in [5, 5.41) is 12.2. The number of aliphatic hydroxyl groups excluding tert-OH is 1. The maximum absolute atomic E-state index is 12.3. The number of fused-ring (bicyclic) bond motifs is 1. The number of carbonyl (C=O) groups excluding carboxylic acids is 2. The van der Waals surface area contributed by atoms with Crippen LogP contribution < -0.4 is 10.2 Å². The molecule has 0 aliphatic carbocycles. The van der Waals surface area contributed by atoms with Gasteiger partial charge >= 0.3 is 0 Å². The number of carbonyl (C=O) groups is 2. The summed E-state index contributed by atoms with van der Waals surface area (Å²) in [6.07, 6.45) is 1.15. The molecule has 0 saturated carbocycles. The minimum absolute atomic E-state index is 0.0111. The number of nitrogens with zero attached hydrogens (tertiary/aromatic N) is 1. The van der Waals surface area contributed by atoms with E-state index in [0.717, 1.165) is 28.8 Å². The van der Waals surface area contributed by atoms with Crippen molar-refractivity contribution in [1.82, 2.24) is 5.32 Å². The average Bonchev–Trinajstić information content (AvgIpc) is 2.62. The standard InChI is InChI=1S/C19H20N2O3/c22-13-16-7-2-1-6-15(16)11-20-18(23)12-21-17-8-4-3-5-14(17)9-10-19(21)24/h1-8,22H,9-13H2,(H,20,23). The molecule has 3 rings (SSSR count). The van der Waals surface area contributed by atoms with E-state index < -0.39 is 0 Å². The van der Waals surface area contributed by atoms with Gasteiger partial charge in [0.2, 0.25) is 11.8 Å². The summed E-state index contributed by atoms with van der Waals surface area (Å²) >= 11 is 0. The molecule has 2 aromatic carbocycles. The number of anilines is 1. The van der Waals surface area contributed by atoms with Crippen molar-refractivity contribution in [2.75, 3.05) is 11.4 Å².